The van der Waals surface area contributed by atoms with Crippen molar-refractivity contribution in [2.24, 2.45) is 5.73 Å². The lowest BCUT2D eigenvalue weighted by Crippen LogP contribution is -2.61. The first kappa shape index (κ1) is 32.4. The third-order valence-electron chi connectivity index (χ3n) is 9.76. The summed E-state index contributed by atoms with van der Waals surface area (Å²) in [5, 5.41) is 1.07. The number of nitrogens with zero attached hydrogens (tertiary/aromatic N) is 2. The summed E-state index contributed by atoms with van der Waals surface area (Å²) in [7, 11) is 4.88. The fourth-order valence-electron chi connectivity index (χ4n) is 7.58. The Morgan fingerprint density at radius 3 is 2.20 bits per heavy atom. The maximum Gasteiger partial charge on any atom is 0.228 e. The Kier molecular flexibility index (Phi) is 10.0. The number of carbonyl (C=O) groups excluding carboxylic acids is 1. The van der Waals surface area contributed by atoms with Gasteiger partial charge < -0.3 is 19.9 Å². The van der Waals surface area contributed by atoms with Crippen LogP contribution in [-0.2, 0) is 22.2 Å². The van der Waals surface area contributed by atoms with Crippen molar-refractivity contribution in [1.82, 2.24) is 9.80 Å². The quantitative estimate of drug-likeness (QED) is 0.259. The van der Waals surface area contributed by atoms with Crippen molar-refractivity contribution in [2.45, 2.75) is 56.0 Å². The summed E-state index contributed by atoms with van der Waals surface area (Å²) in [4.78, 5) is 18.5. The summed E-state index contributed by atoms with van der Waals surface area (Å²) in [6.45, 7) is 6.26. The van der Waals surface area contributed by atoms with Gasteiger partial charge in [0.25, 0.3) is 0 Å². The second kappa shape index (κ2) is 13.6. The highest BCUT2D eigenvalue weighted by Gasteiger charge is 2.55. The molecule has 2 heterocycles. The fourth-order valence-corrected chi connectivity index (χ4v) is 7.88. The Balaban J connectivity index is 1.58. The van der Waals surface area contributed by atoms with Crippen LogP contribution in [0.15, 0.2) is 60.7 Å². The zero-order valence-electron chi connectivity index (χ0n) is 26.1. The summed E-state index contributed by atoms with van der Waals surface area (Å²) in [6.07, 6.45) is 3.22. The molecule has 2 fully saturated rings. The van der Waals surface area contributed by atoms with Gasteiger partial charge in [-0.15, -0.1) is 0 Å². The highest BCUT2D eigenvalue weighted by Crippen LogP contribution is 2.50. The van der Waals surface area contributed by atoms with Crippen molar-refractivity contribution < 1.29 is 19.0 Å². The van der Waals surface area contributed by atoms with Crippen molar-refractivity contribution in [3.63, 3.8) is 0 Å². The number of hydrogen-bond donors (Lipinski definition) is 1. The third-order valence-corrected chi connectivity index (χ3v) is 10.5. The second-order valence-electron chi connectivity index (χ2n) is 12.1. The van der Waals surface area contributed by atoms with Crippen LogP contribution >= 0.6 is 23.2 Å². The molecule has 0 radical (unpaired) electrons. The Labute approximate surface area is 271 Å². The van der Waals surface area contributed by atoms with Crippen molar-refractivity contribution in [2.75, 3.05) is 47.5 Å². The van der Waals surface area contributed by atoms with Gasteiger partial charge in [-0.1, -0.05) is 66.5 Å². The van der Waals surface area contributed by atoms with Crippen molar-refractivity contribution in [1.29, 1.82) is 0 Å². The van der Waals surface area contributed by atoms with Crippen LogP contribution in [-0.4, -0.2) is 69.3 Å². The number of piperidine rings is 1. The van der Waals surface area contributed by atoms with Gasteiger partial charge in [0, 0.05) is 24.5 Å². The molecule has 236 valence electrons. The number of carbonyl (C=O) groups is 1. The van der Waals surface area contributed by atoms with Crippen LogP contribution in [0.3, 0.4) is 0 Å². The zero-order valence-corrected chi connectivity index (χ0v) is 27.6. The molecular formula is C35H43Cl2N3O4. The number of halogens is 2. The molecule has 5 rings (SSSR count). The van der Waals surface area contributed by atoms with Crippen molar-refractivity contribution >= 4 is 29.1 Å². The predicted octanol–water partition coefficient (Wildman–Crippen LogP) is 6.46. The largest absolute Gasteiger partial charge is 0.493 e. The summed E-state index contributed by atoms with van der Waals surface area (Å²) in [6, 6.07) is 20.2. The summed E-state index contributed by atoms with van der Waals surface area (Å²) in [5.41, 5.74) is 8.42. The minimum Gasteiger partial charge on any atom is -0.493 e. The molecule has 7 nitrogen and oxygen atoms in total. The molecule has 3 unspecified atom stereocenters. The van der Waals surface area contributed by atoms with E-state index >= 15 is 0 Å². The molecule has 0 aromatic heterocycles. The van der Waals surface area contributed by atoms with Crippen LogP contribution in [0, 0.1) is 0 Å². The van der Waals surface area contributed by atoms with Gasteiger partial charge in [0.1, 0.15) is 0 Å². The van der Waals surface area contributed by atoms with E-state index in [4.69, 9.17) is 43.1 Å². The highest BCUT2D eigenvalue weighted by molar-refractivity contribution is 6.42. The molecular weight excluding hydrogens is 597 g/mol. The molecule has 3 atom stereocenters. The topological polar surface area (TPSA) is 77.3 Å². The van der Waals surface area contributed by atoms with Crippen LogP contribution in [0.5, 0.6) is 17.2 Å². The maximum absolute atomic E-state index is 13.4. The Morgan fingerprint density at radius 2 is 1.61 bits per heavy atom. The summed E-state index contributed by atoms with van der Waals surface area (Å²) in [5.74, 6) is 1.58. The lowest BCUT2D eigenvalue weighted by atomic mass is 9.61. The van der Waals surface area contributed by atoms with Gasteiger partial charge >= 0.3 is 0 Å². The molecule has 3 aromatic rings. The van der Waals surface area contributed by atoms with Gasteiger partial charge in [-0.3, -0.25) is 14.6 Å². The molecule has 0 aliphatic carbocycles. The molecule has 0 spiro atoms. The lowest BCUT2D eigenvalue weighted by molar-refractivity contribution is -0.127. The van der Waals surface area contributed by atoms with E-state index in [1.54, 1.807) is 21.3 Å². The Morgan fingerprint density at radius 1 is 0.909 bits per heavy atom. The van der Waals surface area contributed by atoms with Crippen LogP contribution in [0.1, 0.15) is 49.3 Å². The predicted molar refractivity (Wildman–Crippen MR) is 176 cm³/mol. The van der Waals surface area contributed by atoms with Crippen LogP contribution in [0.2, 0.25) is 10.0 Å². The van der Waals surface area contributed by atoms with Crippen LogP contribution in [0.25, 0.3) is 0 Å². The molecule has 2 saturated heterocycles. The normalized spacial score (nSPS) is 24.3. The summed E-state index contributed by atoms with van der Waals surface area (Å²) >= 11 is 13.1. The first-order valence-electron chi connectivity index (χ1n) is 15.3. The van der Waals surface area contributed by atoms with Gasteiger partial charge in [-0.2, -0.15) is 0 Å². The average Bonchev–Trinajstić information content (AvgIpc) is 3.47. The fraction of sp³-hybridized carbons (Fsp3) is 0.457. The molecule has 1 amide bonds. The Hall–Kier alpha value is -2.97. The van der Waals surface area contributed by atoms with E-state index in [9.17, 15) is 4.79 Å². The summed E-state index contributed by atoms with van der Waals surface area (Å²) < 4.78 is 16.8. The minimum absolute atomic E-state index is 0.0473. The monoisotopic (exact) mass is 639 g/mol. The molecule has 9 heteroatoms. The number of hydrogen-bond acceptors (Lipinski definition) is 6. The third kappa shape index (κ3) is 6.00. The first-order chi connectivity index (χ1) is 21.2. The van der Waals surface area contributed by atoms with E-state index in [1.165, 1.54) is 0 Å². The minimum atomic E-state index is -0.760. The van der Waals surface area contributed by atoms with E-state index in [-0.39, 0.29) is 17.4 Å². The van der Waals surface area contributed by atoms with Gasteiger partial charge in [0.05, 0.1) is 36.8 Å². The molecule has 2 aliphatic heterocycles. The van der Waals surface area contributed by atoms with E-state index in [0.717, 1.165) is 55.7 Å². The van der Waals surface area contributed by atoms with Crippen LogP contribution < -0.4 is 19.9 Å². The maximum atomic E-state index is 13.4. The van der Waals surface area contributed by atoms with E-state index in [0.29, 0.717) is 46.7 Å². The van der Waals surface area contributed by atoms with Crippen LogP contribution in [0.4, 0.5) is 0 Å². The first-order valence-corrected chi connectivity index (χ1v) is 16.0. The van der Waals surface area contributed by atoms with Gasteiger partial charge in [0.15, 0.2) is 11.5 Å². The number of likely N-dealkylation sites (tertiary alicyclic amines) is 2. The highest BCUT2D eigenvalue weighted by atomic mass is 35.5. The smallest absolute Gasteiger partial charge is 0.228 e. The number of ether oxygens (including phenoxy) is 3. The number of amides is 1. The zero-order chi connectivity index (χ0) is 31.5. The second-order valence-corrected chi connectivity index (χ2v) is 12.9. The van der Waals surface area contributed by atoms with Gasteiger partial charge in [-0.25, -0.2) is 0 Å². The number of nitrogens with two attached hydrogens (primary N) is 1. The number of benzene rings is 3. The molecule has 0 saturated carbocycles. The Bertz CT molecular complexity index is 1450. The molecule has 2 aliphatic rings. The lowest BCUT2D eigenvalue weighted by Gasteiger charge is -2.52. The van der Waals surface area contributed by atoms with Crippen molar-refractivity contribution in [3.8, 4) is 17.2 Å². The average molecular weight is 641 g/mol. The SMILES string of the molecule is CCCN1CCC(C(N)=O)(c2ccccc2)CC1C1(c2ccc(Cl)c(Cl)c2)CCN(Cc2cc(OC)c(OC)c(OC)c2)C1. The number of methoxy groups -OCH3 is 3. The molecule has 2 N–H and O–H groups in total. The van der Waals surface area contributed by atoms with E-state index < -0.39 is 5.41 Å². The standard InChI is InChI=1S/C35H43Cl2N3O4/c1-5-15-40-17-14-34(33(38)41,25-9-7-6-8-10-25)21-31(40)35(26-11-12-27(36)28(37)20-26)13-16-39(23-35)22-24-18-29(42-2)32(44-4)30(19-24)43-3/h6-12,18-20,31H,5,13-17,21-23H2,1-4H3,(H2,38,41). The van der Waals surface area contributed by atoms with E-state index in [1.807, 2.05) is 42.5 Å². The van der Waals surface area contributed by atoms with Gasteiger partial charge in [-0.05, 0) is 86.3 Å². The molecule has 3 aromatic carbocycles. The van der Waals surface area contributed by atoms with Crippen molar-refractivity contribution in [3.05, 3.63) is 87.4 Å². The van der Waals surface area contributed by atoms with Gasteiger partial charge in [0.2, 0.25) is 11.7 Å². The number of rotatable bonds is 11. The van der Waals surface area contributed by atoms with E-state index in [2.05, 4.69) is 34.9 Å². The molecule has 0 bridgehead atoms. The molecule has 44 heavy (non-hydrogen) atoms. The number of primary amides is 1.